The van der Waals surface area contributed by atoms with Crippen molar-refractivity contribution in [2.45, 2.75) is 51.6 Å². The van der Waals surface area contributed by atoms with Gasteiger partial charge in [0.05, 0.1) is 0 Å². The van der Waals surface area contributed by atoms with Gasteiger partial charge in [-0.05, 0) is 24.8 Å². The molecule has 1 saturated carbocycles. The fraction of sp³-hybridized carbons (Fsp3) is 0.600. The van der Waals surface area contributed by atoms with Gasteiger partial charge in [0, 0.05) is 12.6 Å². The molecule has 1 aliphatic carbocycles. The first-order chi connectivity index (χ1) is 7.84. The maximum atomic E-state index is 3.63. The van der Waals surface area contributed by atoms with Crippen molar-refractivity contribution in [3.63, 3.8) is 0 Å². The summed E-state index contributed by atoms with van der Waals surface area (Å²) >= 11 is 0. The van der Waals surface area contributed by atoms with E-state index in [2.05, 4.69) is 42.6 Å². The van der Waals surface area contributed by atoms with Crippen LogP contribution < -0.4 is 5.32 Å². The lowest BCUT2D eigenvalue weighted by Gasteiger charge is -2.17. The van der Waals surface area contributed by atoms with E-state index < -0.39 is 0 Å². The summed E-state index contributed by atoms with van der Waals surface area (Å²) in [6, 6.07) is 11.3. The van der Waals surface area contributed by atoms with E-state index in [0.29, 0.717) is 6.04 Å². The Kier molecular flexibility index (Phi) is 4.41. The summed E-state index contributed by atoms with van der Waals surface area (Å²) in [5, 5.41) is 3.63. The Hall–Kier alpha value is -0.820. The standard InChI is InChI=1S/C15H23N/c1-13(11-14-7-5-6-8-14)16-12-15-9-3-2-4-10-15/h2-4,9-10,13-14,16H,5-8,11-12H2,1H3/t13-/m0/s1. The van der Waals surface area contributed by atoms with E-state index in [1.54, 1.807) is 0 Å². The Morgan fingerprint density at radius 3 is 2.56 bits per heavy atom. The van der Waals surface area contributed by atoms with Crippen LogP contribution in [-0.2, 0) is 6.54 Å². The molecule has 16 heavy (non-hydrogen) atoms. The molecule has 0 unspecified atom stereocenters. The monoisotopic (exact) mass is 217 g/mol. The zero-order chi connectivity index (χ0) is 11.2. The molecule has 1 N–H and O–H groups in total. The molecule has 1 aromatic carbocycles. The van der Waals surface area contributed by atoms with Crippen LogP contribution >= 0.6 is 0 Å². The van der Waals surface area contributed by atoms with Gasteiger partial charge in [-0.3, -0.25) is 0 Å². The molecule has 1 aromatic rings. The van der Waals surface area contributed by atoms with E-state index >= 15 is 0 Å². The summed E-state index contributed by atoms with van der Waals surface area (Å²) in [5.41, 5.74) is 1.39. The second kappa shape index (κ2) is 6.05. The number of benzene rings is 1. The quantitative estimate of drug-likeness (QED) is 0.792. The minimum absolute atomic E-state index is 0.656. The molecule has 1 fully saturated rings. The molecular formula is C15H23N. The van der Waals surface area contributed by atoms with E-state index in [0.717, 1.165) is 12.5 Å². The minimum Gasteiger partial charge on any atom is -0.310 e. The van der Waals surface area contributed by atoms with Crippen LogP contribution in [0.4, 0.5) is 0 Å². The van der Waals surface area contributed by atoms with Gasteiger partial charge < -0.3 is 5.32 Å². The van der Waals surface area contributed by atoms with Crippen LogP contribution in [0.5, 0.6) is 0 Å². The molecule has 0 spiro atoms. The molecule has 0 radical (unpaired) electrons. The number of hydrogen-bond donors (Lipinski definition) is 1. The first-order valence-electron chi connectivity index (χ1n) is 6.62. The number of rotatable bonds is 5. The van der Waals surface area contributed by atoms with E-state index in [1.807, 2.05) is 0 Å². The summed E-state index contributed by atoms with van der Waals surface area (Å²) in [6.45, 7) is 3.33. The molecule has 1 nitrogen and oxygen atoms in total. The fourth-order valence-electron chi connectivity index (χ4n) is 2.72. The summed E-state index contributed by atoms with van der Waals surface area (Å²) < 4.78 is 0. The van der Waals surface area contributed by atoms with Gasteiger partial charge in [-0.2, -0.15) is 0 Å². The Balaban J connectivity index is 1.69. The first-order valence-corrected chi connectivity index (χ1v) is 6.62. The Bertz CT molecular complexity index is 288. The van der Waals surface area contributed by atoms with Gasteiger partial charge in [0.15, 0.2) is 0 Å². The molecule has 1 atom stereocenters. The van der Waals surface area contributed by atoms with Crippen molar-refractivity contribution in [3.05, 3.63) is 35.9 Å². The van der Waals surface area contributed by atoms with Crippen LogP contribution in [0.2, 0.25) is 0 Å². The van der Waals surface area contributed by atoms with Crippen LogP contribution in [-0.4, -0.2) is 6.04 Å². The highest BCUT2D eigenvalue weighted by molar-refractivity contribution is 5.14. The molecule has 2 rings (SSSR count). The summed E-state index contributed by atoms with van der Waals surface area (Å²) in [4.78, 5) is 0. The van der Waals surface area contributed by atoms with Crippen LogP contribution in [0, 0.1) is 5.92 Å². The highest BCUT2D eigenvalue weighted by Gasteiger charge is 2.17. The van der Waals surface area contributed by atoms with Crippen molar-refractivity contribution in [1.29, 1.82) is 0 Å². The van der Waals surface area contributed by atoms with Gasteiger partial charge >= 0.3 is 0 Å². The third-order valence-electron chi connectivity index (χ3n) is 3.66. The van der Waals surface area contributed by atoms with Crippen LogP contribution in [0.1, 0.15) is 44.6 Å². The van der Waals surface area contributed by atoms with E-state index in [9.17, 15) is 0 Å². The Labute approximate surface area is 99.3 Å². The summed E-state index contributed by atoms with van der Waals surface area (Å²) in [6.07, 6.45) is 7.17. The van der Waals surface area contributed by atoms with Crippen molar-refractivity contribution in [2.75, 3.05) is 0 Å². The highest BCUT2D eigenvalue weighted by Crippen LogP contribution is 2.28. The third-order valence-corrected chi connectivity index (χ3v) is 3.66. The molecule has 0 aromatic heterocycles. The second-order valence-electron chi connectivity index (χ2n) is 5.15. The molecule has 0 amide bonds. The fourth-order valence-corrected chi connectivity index (χ4v) is 2.72. The maximum Gasteiger partial charge on any atom is 0.0207 e. The van der Waals surface area contributed by atoms with Crippen molar-refractivity contribution in [1.82, 2.24) is 5.32 Å². The highest BCUT2D eigenvalue weighted by atomic mass is 14.9. The lowest BCUT2D eigenvalue weighted by atomic mass is 9.99. The Morgan fingerprint density at radius 1 is 1.19 bits per heavy atom. The average Bonchev–Trinajstić information content (AvgIpc) is 2.81. The zero-order valence-corrected chi connectivity index (χ0v) is 10.3. The van der Waals surface area contributed by atoms with Gasteiger partial charge in [-0.15, -0.1) is 0 Å². The van der Waals surface area contributed by atoms with Gasteiger partial charge in [-0.25, -0.2) is 0 Å². The van der Waals surface area contributed by atoms with E-state index in [4.69, 9.17) is 0 Å². The topological polar surface area (TPSA) is 12.0 Å². The summed E-state index contributed by atoms with van der Waals surface area (Å²) in [7, 11) is 0. The van der Waals surface area contributed by atoms with Gasteiger partial charge in [0.2, 0.25) is 0 Å². The lowest BCUT2D eigenvalue weighted by Crippen LogP contribution is -2.27. The van der Waals surface area contributed by atoms with Crippen LogP contribution in [0.15, 0.2) is 30.3 Å². The molecule has 0 heterocycles. The normalized spacial score (nSPS) is 18.8. The van der Waals surface area contributed by atoms with E-state index in [-0.39, 0.29) is 0 Å². The largest absolute Gasteiger partial charge is 0.310 e. The van der Waals surface area contributed by atoms with Gasteiger partial charge in [0.25, 0.3) is 0 Å². The molecular weight excluding hydrogens is 194 g/mol. The molecule has 1 heteroatoms. The maximum absolute atomic E-state index is 3.63. The van der Waals surface area contributed by atoms with E-state index in [1.165, 1.54) is 37.7 Å². The van der Waals surface area contributed by atoms with Gasteiger partial charge in [0.1, 0.15) is 0 Å². The predicted octanol–water partition coefficient (Wildman–Crippen LogP) is 3.75. The minimum atomic E-state index is 0.656. The van der Waals surface area contributed by atoms with Crippen molar-refractivity contribution in [2.24, 2.45) is 5.92 Å². The van der Waals surface area contributed by atoms with Crippen LogP contribution in [0.25, 0.3) is 0 Å². The number of hydrogen-bond acceptors (Lipinski definition) is 1. The SMILES string of the molecule is C[C@@H](CC1CCCC1)NCc1ccccc1. The zero-order valence-electron chi connectivity index (χ0n) is 10.3. The summed E-state index contributed by atoms with van der Waals surface area (Å²) in [5.74, 6) is 0.985. The smallest absolute Gasteiger partial charge is 0.0207 e. The number of nitrogens with one attached hydrogen (secondary N) is 1. The molecule has 0 bridgehead atoms. The average molecular weight is 217 g/mol. The third kappa shape index (κ3) is 3.64. The molecule has 88 valence electrons. The van der Waals surface area contributed by atoms with Crippen LogP contribution in [0.3, 0.4) is 0 Å². The predicted molar refractivity (Wildman–Crippen MR) is 69.3 cm³/mol. The van der Waals surface area contributed by atoms with Gasteiger partial charge in [-0.1, -0.05) is 56.0 Å². The first kappa shape index (κ1) is 11.7. The lowest BCUT2D eigenvalue weighted by molar-refractivity contribution is 0.404. The van der Waals surface area contributed by atoms with Crippen molar-refractivity contribution in [3.8, 4) is 0 Å². The molecule has 0 aliphatic heterocycles. The molecule has 1 aliphatic rings. The molecule has 0 saturated heterocycles. The van der Waals surface area contributed by atoms with Crippen molar-refractivity contribution >= 4 is 0 Å². The second-order valence-corrected chi connectivity index (χ2v) is 5.15. The Morgan fingerprint density at radius 2 is 1.88 bits per heavy atom. The van der Waals surface area contributed by atoms with Crippen molar-refractivity contribution < 1.29 is 0 Å².